The summed E-state index contributed by atoms with van der Waals surface area (Å²) in [5.74, 6) is 0.124. The maximum atomic E-state index is 13.6. The van der Waals surface area contributed by atoms with Crippen molar-refractivity contribution in [3.63, 3.8) is 0 Å². The van der Waals surface area contributed by atoms with Crippen molar-refractivity contribution in [3.8, 4) is 0 Å². The normalized spacial score (nSPS) is 14.1. The molecule has 140 valence electrons. The molecule has 0 aliphatic rings. The van der Waals surface area contributed by atoms with Crippen molar-refractivity contribution < 1.29 is 21.6 Å². The first-order valence-corrected chi connectivity index (χ1v) is 8.89. The number of nitrogens with two attached hydrogens (primary N) is 1. The third kappa shape index (κ3) is 4.32. The molecule has 0 amide bonds. The van der Waals surface area contributed by atoms with E-state index in [9.17, 15) is 21.6 Å². The Balaban J connectivity index is 2.46. The fourth-order valence-corrected chi connectivity index (χ4v) is 3.54. The second-order valence-electron chi connectivity index (χ2n) is 5.15. The first-order valence-electron chi connectivity index (χ1n) is 7.08. The first-order chi connectivity index (χ1) is 12.1. The van der Waals surface area contributed by atoms with Crippen molar-refractivity contribution in [3.05, 3.63) is 59.3 Å². The predicted molar refractivity (Wildman–Crippen MR) is 90.5 cm³/mol. The van der Waals surface area contributed by atoms with E-state index in [0.29, 0.717) is 0 Å². The molecule has 0 saturated carbocycles. The largest absolute Gasteiger partial charge is 0.409 e. The quantitative estimate of drug-likeness (QED) is 0.824. The molecule has 2 rings (SSSR count). The Hall–Kier alpha value is -2.17. The monoisotopic (exact) mass is 406 g/mol. The van der Waals surface area contributed by atoms with Gasteiger partial charge in [0.15, 0.2) is 5.82 Å². The average Bonchev–Trinajstić information content (AvgIpc) is 2.56. The molecule has 1 aromatic heterocycles. The fourth-order valence-electron chi connectivity index (χ4n) is 2.19. The summed E-state index contributed by atoms with van der Waals surface area (Å²) >= 11 is 5.69. The zero-order valence-electron chi connectivity index (χ0n) is 13.4. The molecule has 2 aromatic rings. The summed E-state index contributed by atoms with van der Waals surface area (Å²) in [5.41, 5.74) is 4.91. The summed E-state index contributed by atoms with van der Waals surface area (Å²) in [4.78, 5) is 7.01. The minimum Gasteiger partial charge on any atom is -0.404 e. The van der Waals surface area contributed by atoms with E-state index in [0.717, 1.165) is 37.8 Å². The maximum Gasteiger partial charge on any atom is 0.409 e. The van der Waals surface area contributed by atoms with Gasteiger partial charge in [-0.25, -0.2) is 18.4 Å². The van der Waals surface area contributed by atoms with E-state index >= 15 is 0 Å². The van der Waals surface area contributed by atoms with Gasteiger partial charge in [0, 0.05) is 12.1 Å². The number of hydrogen-bond donors (Lipinski definition) is 1. The lowest BCUT2D eigenvalue weighted by Crippen LogP contribution is -2.39. The Morgan fingerprint density at radius 1 is 1.19 bits per heavy atom. The van der Waals surface area contributed by atoms with Crippen LogP contribution in [0.5, 0.6) is 0 Å². The van der Waals surface area contributed by atoms with Gasteiger partial charge in [-0.1, -0.05) is 23.7 Å². The number of halogens is 4. The van der Waals surface area contributed by atoms with Gasteiger partial charge < -0.3 is 5.73 Å². The van der Waals surface area contributed by atoms with E-state index in [2.05, 4.69) is 9.97 Å². The van der Waals surface area contributed by atoms with Gasteiger partial charge in [-0.15, -0.1) is 0 Å². The summed E-state index contributed by atoms with van der Waals surface area (Å²) in [7, 11) is -3.67. The van der Waals surface area contributed by atoms with Gasteiger partial charge in [-0.2, -0.15) is 17.5 Å². The highest BCUT2D eigenvalue weighted by Crippen LogP contribution is 2.39. The molecular formula is C15H14ClF3N4O2S. The number of alkyl halides is 3. The number of benzene rings is 1. The van der Waals surface area contributed by atoms with Crippen LogP contribution in [-0.2, 0) is 10.0 Å². The summed E-state index contributed by atoms with van der Waals surface area (Å²) in [6.07, 6.45) is -0.548. The van der Waals surface area contributed by atoms with Gasteiger partial charge >= 0.3 is 6.18 Å². The Kier molecular flexibility index (Phi) is 5.89. The molecule has 0 radical (unpaired) electrons. The van der Waals surface area contributed by atoms with Gasteiger partial charge in [0.1, 0.15) is 10.9 Å². The zero-order valence-corrected chi connectivity index (χ0v) is 14.9. The highest BCUT2D eigenvalue weighted by molar-refractivity contribution is 7.89. The molecule has 1 heterocycles. The van der Waals surface area contributed by atoms with Crippen LogP contribution in [0.2, 0.25) is 5.02 Å². The Bertz CT molecular complexity index is 885. The van der Waals surface area contributed by atoms with Crippen molar-refractivity contribution in [2.45, 2.75) is 17.1 Å². The molecule has 0 unspecified atom stereocenters. The molecule has 0 fully saturated rings. The molecule has 1 atom stereocenters. The standard InChI is InChI=1S/C15H14ClF3N4O2S/c1-23(14(15(17,18)19)10-2-4-11(16)5-3-10)26(24,25)12-8-21-13(6-7-20)22-9-12/h2-9,14H,20H2,1H3/t14-/m1/s1. The van der Waals surface area contributed by atoms with E-state index in [-0.39, 0.29) is 20.7 Å². The van der Waals surface area contributed by atoms with Crippen LogP contribution in [0.25, 0.3) is 6.08 Å². The Morgan fingerprint density at radius 2 is 1.73 bits per heavy atom. The first kappa shape index (κ1) is 20.1. The smallest absolute Gasteiger partial charge is 0.404 e. The van der Waals surface area contributed by atoms with Crippen LogP contribution in [-0.4, -0.2) is 35.9 Å². The average molecular weight is 407 g/mol. The molecular weight excluding hydrogens is 393 g/mol. The molecule has 6 nitrogen and oxygen atoms in total. The number of nitrogens with zero attached hydrogens (tertiary/aromatic N) is 3. The van der Waals surface area contributed by atoms with Gasteiger partial charge in [0.2, 0.25) is 10.0 Å². The van der Waals surface area contributed by atoms with Crippen LogP contribution in [0.4, 0.5) is 13.2 Å². The molecule has 0 bridgehead atoms. The third-order valence-electron chi connectivity index (χ3n) is 3.43. The number of rotatable bonds is 5. The van der Waals surface area contributed by atoms with Crippen LogP contribution in [0.3, 0.4) is 0 Å². The summed E-state index contributed by atoms with van der Waals surface area (Å²) in [5, 5.41) is 0.233. The summed E-state index contributed by atoms with van der Waals surface area (Å²) < 4.78 is 66.2. The van der Waals surface area contributed by atoms with Crippen LogP contribution < -0.4 is 5.73 Å². The van der Waals surface area contributed by atoms with Crippen molar-refractivity contribution in [1.29, 1.82) is 0 Å². The van der Waals surface area contributed by atoms with Crippen LogP contribution in [0.15, 0.2) is 47.8 Å². The molecule has 1 aromatic carbocycles. The van der Waals surface area contributed by atoms with Crippen LogP contribution in [0, 0.1) is 0 Å². The van der Waals surface area contributed by atoms with Gasteiger partial charge in [-0.3, -0.25) is 0 Å². The van der Waals surface area contributed by atoms with E-state index in [1.807, 2.05) is 0 Å². The minimum absolute atomic E-state index is 0.124. The third-order valence-corrected chi connectivity index (χ3v) is 5.46. The van der Waals surface area contributed by atoms with Crippen molar-refractivity contribution in [2.75, 3.05) is 7.05 Å². The van der Waals surface area contributed by atoms with Crippen molar-refractivity contribution in [1.82, 2.24) is 14.3 Å². The van der Waals surface area contributed by atoms with Crippen LogP contribution in [0.1, 0.15) is 17.4 Å². The lowest BCUT2D eigenvalue weighted by atomic mass is 10.1. The van der Waals surface area contributed by atoms with Crippen LogP contribution >= 0.6 is 11.6 Å². The molecule has 0 aliphatic heterocycles. The van der Waals surface area contributed by atoms with Crippen molar-refractivity contribution >= 4 is 27.7 Å². The van der Waals surface area contributed by atoms with Gasteiger partial charge in [0.05, 0.1) is 12.4 Å². The highest BCUT2D eigenvalue weighted by atomic mass is 35.5. The van der Waals surface area contributed by atoms with E-state index in [1.54, 1.807) is 0 Å². The Labute approximate surface area is 153 Å². The minimum atomic E-state index is -4.85. The fraction of sp³-hybridized carbons (Fsp3) is 0.200. The second-order valence-corrected chi connectivity index (χ2v) is 7.59. The molecule has 0 spiro atoms. The number of sulfonamides is 1. The summed E-state index contributed by atoms with van der Waals surface area (Å²) in [6, 6.07) is 2.37. The molecule has 2 N–H and O–H groups in total. The molecule has 0 aliphatic carbocycles. The topological polar surface area (TPSA) is 89.2 Å². The summed E-state index contributed by atoms with van der Waals surface area (Å²) in [6.45, 7) is 0. The Morgan fingerprint density at radius 3 is 2.19 bits per heavy atom. The van der Waals surface area contributed by atoms with E-state index in [1.165, 1.54) is 18.2 Å². The van der Waals surface area contributed by atoms with E-state index in [4.69, 9.17) is 17.3 Å². The zero-order chi connectivity index (χ0) is 19.5. The van der Waals surface area contributed by atoms with Crippen molar-refractivity contribution in [2.24, 2.45) is 5.73 Å². The highest BCUT2D eigenvalue weighted by Gasteiger charge is 2.47. The van der Waals surface area contributed by atoms with Gasteiger partial charge in [0.25, 0.3) is 0 Å². The predicted octanol–water partition coefficient (Wildman–Crippen LogP) is 2.98. The SMILES string of the molecule is CN([C@H](c1ccc(Cl)cc1)C(F)(F)F)S(=O)(=O)c1cnc(C=CN)nc1. The molecule has 11 heteroatoms. The number of hydrogen-bond acceptors (Lipinski definition) is 5. The number of aromatic nitrogens is 2. The van der Waals surface area contributed by atoms with Gasteiger partial charge in [-0.05, 0) is 30.0 Å². The molecule has 26 heavy (non-hydrogen) atoms. The molecule has 0 saturated heterocycles. The van der Waals surface area contributed by atoms with E-state index < -0.39 is 27.1 Å². The second kappa shape index (κ2) is 7.60. The lowest BCUT2D eigenvalue weighted by Gasteiger charge is -2.29. The lowest BCUT2D eigenvalue weighted by molar-refractivity contribution is -0.171. The maximum absolute atomic E-state index is 13.6.